The third-order valence-electron chi connectivity index (χ3n) is 10.4. The molecule has 0 bridgehead atoms. The summed E-state index contributed by atoms with van der Waals surface area (Å²) in [5.41, 5.74) is 6.07. The molecule has 0 spiro atoms. The van der Waals surface area contributed by atoms with Gasteiger partial charge in [-0.2, -0.15) is 12.7 Å². The zero-order valence-corrected chi connectivity index (χ0v) is 27.7. The molecule has 242 valence electrons. The molecule has 2 fully saturated rings. The minimum Gasteiger partial charge on any atom is -0.381 e. The molecule has 9 nitrogen and oxygen atoms in total. The molecular formula is C35H46N4O5S. The number of hydrogen-bond donors (Lipinski definition) is 1. The Hall–Kier alpha value is -3.21. The number of nitrogens with one attached hydrogen (secondary N) is 1. The van der Waals surface area contributed by atoms with E-state index in [1.54, 1.807) is 13.2 Å². The molecule has 2 amide bonds. The number of hydrogen-bond acceptors (Lipinski definition) is 5. The summed E-state index contributed by atoms with van der Waals surface area (Å²) in [6.45, 7) is 0.580. The van der Waals surface area contributed by atoms with Crippen molar-refractivity contribution in [2.45, 2.75) is 88.8 Å². The van der Waals surface area contributed by atoms with Gasteiger partial charge in [0, 0.05) is 62.7 Å². The van der Waals surface area contributed by atoms with E-state index >= 15 is 0 Å². The largest absolute Gasteiger partial charge is 0.381 e. The van der Waals surface area contributed by atoms with Crippen LogP contribution >= 0.6 is 0 Å². The van der Waals surface area contributed by atoms with Crippen molar-refractivity contribution in [3.05, 3.63) is 59.2 Å². The highest BCUT2D eigenvalue weighted by molar-refractivity contribution is 7.87. The van der Waals surface area contributed by atoms with E-state index in [1.807, 2.05) is 24.1 Å². The van der Waals surface area contributed by atoms with Crippen molar-refractivity contribution in [2.75, 3.05) is 28.3 Å². The number of methoxy groups -OCH3 is 1. The van der Waals surface area contributed by atoms with Crippen molar-refractivity contribution >= 4 is 32.9 Å². The maximum Gasteiger partial charge on any atom is 0.303 e. The Morgan fingerprint density at radius 3 is 2.44 bits per heavy atom. The summed E-state index contributed by atoms with van der Waals surface area (Å²) in [6, 6.07) is 14.0. The lowest BCUT2D eigenvalue weighted by Crippen LogP contribution is -2.45. The van der Waals surface area contributed by atoms with E-state index in [9.17, 15) is 18.0 Å². The van der Waals surface area contributed by atoms with Gasteiger partial charge in [-0.25, -0.2) is 4.72 Å². The fourth-order valence-electron chi connectivity index (χ4n) is 7.84. The van der Waals surface area contributed by atoms with Crippen LogP contribution in [0.25, 0.3) is 22.2 Å². The van der Waals surface area contributed by atoms with Gasteiger partial charge in [-0.1, -0.05) is 56.0 Å². The van der Waals surface area contributed by atoms with Crippen LogP contribution in [0.2, 0.25) is 0 Å². The lowest BCUT2D eigenvalue weighted by molar-refractivity contribution is -0.139. The second-order valence-electron chi connectivity index (χ2n) is 13.3. The maximum absolute atomic E-state index is 14.0. The van der Waals surface area contributed by atoms with Crippen LogP contribution in [0.3, 0.4) is 0 Å². The van der Waals surface area contributed by atoms with Gasteiger partial charge in [-0.3, -0.25) is 9.59 Å². The molecule has 1 aliphatic heterocycles. The predicted octanol–water partition coefficient (Wildman–Crippen LogP) is 5.48. The van der Waals surface area contributed by atoms with E-state index in [1.165, 1.54) is 55.7 Å². The monoisotopic (exact) mass is 634 g/mol. The van der Waals surface area contributed by atoms with Crippen LogP contribution in [-0.2, 0) is 32.7 Å². The average molecular weight is 635 g/mol. The van der Waals surface area contributed by atoms with E-state index in [0.29, 0.717) is 12.5 Å². The molecule has 2 heterocycles. The minimum atomic E-state index is -3.95. The van der Waals surface area contributed by atoms with E-state index in [2.05, 4.69) is 33.6 Å². The van der Waals surface area contributed by atoms with Gasteiger partial charge in [-0.15, -0.1) is 0 Å². The quantitative estimate of drug-likeness (QED) is 0.371. The first kappa shape index (κ1) is 31.8. The summed E-state index contributed by atoms with van der Waals surface area (Å²) in [5, 5.41) is 1.10. The molecule has 1 aromatic heterocycles. The second kappa shape index (κ2) is 12.9. The zero-order chi connectivity index (χ0) is 31.9. The number of fused-ring (bicyclic) bond motifs is 5. The summed E-state index contributed by atoms with van der Waals surface area (Å²) < 4.78 is 36.1. The minimum absolute atomic E-state index is 0.0557. The molecule has 3 unspecified atom stereocenters. The highest BCUT2D eigenvalue weighted by atomic mass is 32.2. The normalized spacial score (nSPS) is 22.5. The Morgan fingerprint density at radius 1 is 0.956 bits per heavy atom. The Morgan fingerprint density at radius 2 is 1.71 bits per heavy atom. The number of carbonyl (C=O) groups excluding carboxylic acids is 2. The number of nitrogens with zero attached hydrogens (tertiary/aromatic N) is 3. The second-order valence-corrected chi connectivity index (χ2v) is 15.2. The lowest BCUT2D eigenvalue weighted by atomic mass is 9.81. The third kappa shape index (κ3) is 6.16. The molecule has 2 aromatic carbocycles. The molecule has 0 saturated heterocycles. The van der Waals surface area contributed by atoms with Crippen molar-refractivity contribution in [1.29, 1.82) is 0 Å². The van der Waals surface area contributed by atoms with Crippen LogP contribution in [0.5, 0.6) is 0 Å². The van der Waals surface area contributed by atoms with Gasteiger partial charge < -0.3 is 14.2 Å². The van der Waals surface area contributed by atoms with Gasteiger partial charge in [0.2, 0.25) is 5.91 Å². The van der Waals surface area contributed by atoms with Crippen molar-refractivity contribution < 1.29 is 22.7 Å². The fourth-order valence-corrected chi connectivity index (χ4v) is 8.37. The van der Waals surface area contributed by atoms with Gasteiger partial charge in [0.1, 0.15) is 0 Å². The first-order valence-electron chi connectivity index (χ1n) is 16.4. The Labute approximate surface area is 267 Å². The Balaban J connectivity index is 1.47. The molecule has 0 radical (unpaired) electrons. The van der Waals surface area contributed by atoms with Crippen molar-refractivity contribution in [2.24, 2.45) is 5.92 Å². The summed E-state index contributed by atoms with van der Waals surface area (Å²) in [5.74, 6) is -0.160. The first-order chi connectivity index (χ1) is 21.6. The Bertz CT molecular complexity index is 1690. The standard InChI is InChI=1S/C35H46N4O5S/c1-37(2)45(42,43)36-34(40)25-17-18-30-31(21-25)39-22-27(38(3)35(41)26-14-10-15-28(20-26)44-4)19-24-13-8-9-16-29(24)33(39)32(30)23-11-6-5-7-12-23/h8-9,13,16-18,21,23,26-28H,5-7,10-12,14-15,19-20,22H2,1-4H3,(H,36,40). The Kier molecular flexibility index (Phi) is 9.10. The smallest absolute Gasteiger partial charge is 0.303 e. The number of rotatable bonds is 7. The summed E-state index contributed by atoms with van der Waals surface area (Å²) in [7, 11) is 2.50. The number of amides is 2. The molecule has 3 atom stereocenters. The van der Waals surface area contributed by atoms with Crippen LogP contribution in [-0.4, -0.2) is 74.4 Å². The highest BCUT2D eigenvalue weighted by Gasteiger charge is 2.36. The maximum atomic E-state index is 14.0. The van der Waals surface area contributed by atoms with Crippen LogP contribution in [0.4, 0.5) is 0 Å². The van der Waals surface area contributed by atoms with Gasteiger partial charge in [0.15, 0.2) is 0 Å². The highest BCUT2D eigenvalue weighted by Crippen LogP contribution is 2.46. The van der Waals surface area contributed by atoms with Crippen LogP contribution in [0, 0.1) is 5.92 Å². The van der Waals surface area contributed by atoms with Gasteiger partial charge in [0.05, 0.1) is 17.8 Å². The summed E-state index contributed by atoms with van der Waals surface area (Å²) in [6.07, 6.45) is 10.3. The molecule has 3 aliphatic rings. The number of likely N-dealkylation sites (N-methyl/N-ethyl adjacent to an activating group) is 1. The number of benzene rings is 2. The number of carbonyl (C=O) groups is 2. The van der Waals surface area contributed by atoms with E-state index < -0.39 is 16.1 Å². The third-order valence-corrected chi connectivity index (χ3v) is 11.8. The SMILES string of the molecule is COC1CCCC(C(=O)N(C)C2Cc3ccccc3-c3c(C4CCCCC4)c4ccc(C(=O)NS(=O)(=O)N(C)C)cc4n3C2)C1. The van der Waals surface area contributed by atoms with Crippen molar-refractivity contribution in [1.82, 2.24) is 18.5 Å². The van der Waals surface area contributed by atoms with Gasteiger partial charge >= 0.3 is 10.2 Å². The zero-order valence-electron chi connectivity index (χ0n) is 26.9. The molecule has 10 heteroatoms. The molecule has 1 N–H and O–H groups in total. The van der Waals surface area contributed by atoms with Gasteiger partial charge in [0.25, 0.3) is 5.91 Å². The van der Waals surface area contributed by atoms with E-state index in [4.69, 9.17) is 4.74 Å². The van der Waals surface area contributed by atoms with Gasteiger partial charge in [-0.05, 0) is 67.7 Å². The molecule has 6 rings (SSSR count). The molecule has 3 aromatic rings. The number of ether oxygens (including phenoxy) is 1. The topological polar surface area (TPSA) is 101 Å². The summed E-state index contributed by atoms with van der Waals surface area (Å²) in [4.78, 5) is 29.2. The van der Waals surface area contributed by atoms with Crippen molar-refractivity contribution in [3.8, 4) is 11.3 Å². The van der Waals surface area contributed by atoms with Crippen LogP contribution < -0.4 is 4.72 Å². The fraction of sp³-hybridized carbons (Fsp3) is 0.543. The average Bonchev–Trinajstić information content (AvgIpc) is 3.26. The van der Waals surface area contributed by atoms with Crippen LogP contribution in [0.1, 0.15) is 85.2 Å². The van der Waals surface area contributed by atoms with E-state index in [0.717, 1.165) is 60.2 Å². The molecule has 2 aliphatic carbocycles. The molecule has 2 saturated carbocycles. The van der Waals surface area contributed by atoms with Crippen LogP contribution in [0.15, 0.2) is 42.5 Å². The number of aromatic nitrogens is 1. The first-order valence-corrected chi connectivity index (χ1v) is 17.8. The molecular weight excluding hydrogens is 588 g/mol. The summed E-state index contributed by atoms with van der Waals surface area (Å²) >= 11 is 0. The predicted molar refractivity (Wildman–Crippen MR) is 176 cm³/mol. The van der Waals surface area contributed by atoms with E-state index in [-0.39, 0.29) is 29.5 Å². The molecule has 45 heavy (non-hydrogen) atoms. The lowest BCUT2D eigenvalue weighted by Gasteiger charge is -2.34. The van der Waals surface area contributed by atoms with Crippen molar-refractivity contribution in [3.63, 3.8) is 0 Å².